The Morgan fingerprint density at radius 3 is 2.95 bits per heavy atom. The maximum absolute atomic E-state index is 12.7. The van der Waals surface area contributed by atoms with Crippen molar-refractivity contribution in [2.24, 2.45) is 0 Å². The Hall–Kier alpha value is -1.46. The van der Waals surface area contributed by atoms with E-state index in [0.29, 0.717) is 12.4 Å². The smallest absolute Gasteiger partial charge is 0.123 e. The molecule has 1 N–H and O–H groups in total. The van der Waals surface area contributed by atoms with Gasteiger partial charge in [0.1, 0.15) is 11.6 Å². The Balaban J connectivity index is 1.45. The van der Waals surface area contributed by atoms with Gasteiger partial charge in [0.05, 0.1) is 17.3 Å². The average molecular weight is 292 g/mol. The van der Waals surface area contributed by atoms with Crippen LogP contribution in [0, 0.1) is 5.82 Å². The Labute approximate surface area is 121 Å². The maximum atomic E-state index is 12.7. The first-order valence-corrected chi connectivity index (χ1v) is 7.69. The standard InChI is InChI=1S/C15H17FN2OS/c16-11-3-5-12(6-4-11)19-9-1-2-15-18-13-7-8-17-10-14(13)20-15/h3-6,17H,1-2,7-10H2. The highest BCUT2D eigenvalue weighted by Crippen LogP contribution is 2.22. The lowest BCUT2D eigenvalue weighted by Crippen LogP contribution is -2.22. The van der Waals surface area contributed by atoms with Gasteiger partial charge in [0, 0.05) is 30.8 Å². The number of nitrogens with one attached hydrogen (secondary N) is 1. The number of aryl methyl sites for hydroxylation is 1. The monoisotopic (exact) mass is 292 g/mol. The number of ether oxygens (including phenoxy) is 1. The third-order valence-corrected chi connectivity index (χ3v) is 4.42. The van der Waals surface area contributed by atoms with Crippen molar-refractivity contribution in [3.05, 3.63) is 45.7 Å². The molecule has 2 heterocycles. The molecule has 3 rings (SSSR count). The molecule has 0 unspecified atom stereocenters. The van der Waals surface area contributed by atoms with Crippen LogP contribution in [0.5, 0.6) is 5.75 Å². The molecule has 0 spiro atoms. The molecule has 0 saturated carbocycles. The summed E-state index contributed by atoms with van der Waals surface area (Å²) >= 11 is 1.80. The number of thiazole rings is 1. The predicted molar refractivity (Wildman–Crippen MR) is 77.7 cm³/mol. The summed E-state index contributed by atoms with van der Waals surface area (Å²) in [5.41, 5.74) is 1.27. The fourth-order valence-electron chi connectivity index (χ4n) is 2.23. The van der Waals surface area contributed by atoms with Crippen LogP contribution in [0.2, 0.25) is 0 Å². The topological polar surface area (TPSA) is 34.1 Å². The van der Waals surface area contributed by atoms with Crippen molar-refractivity contribution < 1.29 is 9.13 Å². The number of benzene rings is 1. The first-order valence-electron chi connectivity index (χ1n) is 6.88. The predicted octanol–water partition coefficient (Wildman–Crippen LogP) is 2.94. The minimum Gasteiger partial charge on any atom is -0.494 e. The molecule has 1 aromatic carbocycles. The van der Waals surface area contributed by atoms with Crippen molar-refractivity contribution in [3.63, 3.8) is 0 Å². The average Bonchev–Trinajstić information content (AvgIpc) is 2.88. The van der Waals surface area contributed by atoms with Crippen molar-refractivity contribution in [3.8, 4) is 5.75 Å². The number of halogens is 1. The van der Waals surface area contributed by atoms with Gasteiger partial charge in [-0.1, -0.05) is 0 Å². The zero-order chi connectivity index (χ0) is 13.8. The molecule has 5 heteroatoms. The molecule has 1 aliphatic rings. The van der Waals surface area contributed by atoms with E-state index in [-0.39, 0.29) is 5.82 Å². The number of aromatic nitrogens is 1. The van der Waals surface area contributed by atoms with Gasteiger partial charge in [-0.2, -0.15) is 0 Å². The SMILES string of the molecule is Fc1ccc(OCCCc2nc3c(s2)CNCC3)cc1. The quantitative estimate of drug-likeness (QED) is 0.860. The van der Waals surface area contributed by atoms with Gasteiger partial charge in [0.2, 0.25) is 0 Å². The van der Waals surface area contributed by atoms with Crippen LogP contribution < -0.4 is 10.1 Å². The molecule has 3 nitrogen and oxygen atoms in total. The molecular weight excluding hydrogens is 275 g/mol. The molecule has 1 aromatic heterocycles. The molecule has 2 aromatic rings. The lowest BCUT2D eigenvalue weighted by atomic mass is 10.2. The van der Waals surface area contributed by atoms with Gasteiger partial charge < -0.3 is 10.1 Å². The van der Waals surface area contributed by atoms with Crippen LogP contribution in [-0.2, 0) is 19.4 Å². The second kappa shape index (κ2) is 6.33. The van der Waals surface area contributed by atoms with Crippen LogP contribution in [0.1, 0.15) is 22.0 Å². The Kier molecular flexibility index (Phi) is 4.28. The van der Waals surface area contributed by atoms with E-state index in [2.05, 4.69) is 10.3 Å². The van der Waals surface area contributed by atoms with E-state index in [0.717, 1.165) is 32.4 Å². The zero-order valence-corrected chi connectivity index (χ0v) is 12.0. The van der Waals surface area contributed by atoms with Crippen LogP contribution in [0.15, 0.2) is 24.3 Å². The molecule has 106 valence electrons. The Morgan fingerprint density at radius 1 is 1.30 bits per heavy atom. The third kappa shape index (κ3) is 3.35. The van der Waals surface area contributed by atoms with Gasteiger partial charge in [-0.15, -0.1) is 11.3 Å². The molecule has 1 aliphatic heterocycles. The summed E-state index contributed by atoms with van der Waals surface area (Å²) in [4.78, 5) is 6.06. The summed E-state index contributed by atoms with van der Waals surface area (Å²) in [6, 6.07) is 6.14. The molecule has 0 radical (unpaired) electrons. The summed E-state index contributed by atoms with van der Waals surface area (Å²) in [7, 11) is 0. The number of fused-ring (bicyclic) bond motifs is 1. The van der Waals surface area contributed by atoms with Crippen LogP contribution in [-0.4, -0.2) is 18.1 Å². The highest BCUT2D eigenvalue weighted by Gasteiger charge is 2.14. The number of hydrogen-bond donors (Lipinski definition) is 1. The van der Waals surface area contributed by atoms with E-state index >= 15 is 0 Å². The van der Waals surface area contributed by atoms with Gasteiger partial charge in [-0.05, 0) is 30.7 Å². The summed E-state index contributed by atoms with van der Waals surface area (Å²) in [6.45, 7) is 2.62. The molecule has 0 bridgehead atoms. The minimum atomic E-state index is -0.237. The number of nitrogens with zero attached hydrogens (tertiary/aromatic N) is 1. The fourth-order valence-corrected chi connectivity index (χ4v) is 3.36. The summed E-state index contributed by atoms with van der Waals surface area (Å²) in [5, 5.41) is 4.56. The molecule has 0 amide bonds. The summed E-state index contributed by atoms with van der Waals surface area (Å²) < 4.78 is 18.3. The van der Waals surface area contributed by atoms with Crippen LogP contribution >= 0.6 is 11.3 Å². The highest BCUT2D eigenvalue weighted by molar-refractivity contribution is 7.11. The normalized spacial score (nSPS) is 14.1. The van der Waals surface area contributed by atoms with Crippen LogP contribution in [0.4, 0.5) is 4.39 Å². The fraction of sp³-hybridized carbons (Fsp3) is 0.400. The van der Waals surface area contributed by atoms with Gasteiger partial charge >= 0.3 is 0 Å². The van der Waals surface area contributed by atoms with Gasteiger partial charge in [-0.25, -0.2) is 9.37 Å². The van der Waals surface area contributed by atoms with Crippen molar-refractivity contribution in [2.75, 3.05) is 13.2 Å². The van der Waals surface area contributed by atoms with Crippen LogP contribution in [0.3, 0.4) is 0 Å². The molecular formula is C15H17FN2OS. The van der Waals surface area contributed by atoms with E-state index in [1.807, 2.05) is 0 Å². The highest BCUT2D eigenvalue weighted by atomic mass is 32.1. The van der Waals surface area contributed by atoms with E-state index in [9.17, 15) is 4.39 Å². The minimum absolute atomic E-state index is 0.237. The Morgan fingerprint density at radius 2 is 2.15 bits per heavy atom. The molecule has 0 fully saturated rings. The van der Waals surface area contributed by atoms with Gasteiger partial charge in [-0.3, -0.25) is 0 Å². The van der Waals surface area contributed by atoms with E-state index < -0.39 is 0 Å². The van der Waals surface area contributed by atoms with E-state index in [4.69, 9.17) is 4.74 Å². The first-order chi connectivity index (χ1) is 9.81. The Bertz CT molecular complexity index is 544. The van der Waals surface area contributed by atoms with Crippen molar-refractivity contribution in [1.82, 2.24) is 10.3 Å². The largest absolute Gasteiger partial charge is 0.494 e. The molecule has 0 atom stereocenters. The van der Waals surface area contributed by atoms with Crippen molar-refractivity contribution in [1.29, 1.82) is 0 Å². The first kappa shape index (κ1) is 13.5. The molecule has 20 heavy (non-hydrogen) atoms. The van der Waals surface area contributed by atoms with Crippen molar-refractivity contribution in [2.45, 2.75) is 25.8 Å². The third-order valence-electron chi connectivity index (χ3n) is 3.26. The van der Waals surface area contributed by atoms with E-state index in [1.54, 1.807) is 23.5 Å². The van der Waals surface area contributed by atoms with Crippen molar-refractivity contribution >= 4 is 11.3 Å². The van der Waals surface area contributed by atoms with Crippen LogP contribution in [0.25, 0.3) is 0 Å². The second-order valence-electron chi connectivity index (χ2n) is 4.81. The van der Waals surface area contributed by atoms with E-state index in [1.165, 1.54) is 27.7 Å². The number of hydrogen-bond acceptors (Lipinski definition) is 4. The van der Waals surface area contributed by atoms with Gasteiger partial charge in [0.25, 0.3) is 0 Å². The lowest BCUT2D eigenvalue weighted by molar-refractivity contribution is 0.310. The molecule has 0 saturated heterocycles. The maximum Gasteiger partial charge on any atom is 0.123 e. The van der Waals surface area contributed by atoms with Gasteiger partial charge in [0.15, 0.2) is 0 Å². The second-order valence-corrected chi connectivity index (χ2v) is 5.98. The number of rotatable bonds is 5. The molecule has 0 aliphatic carbocycles. The lowest BCUT2D eigenvalue weighted by Gasteiger charge is -2.09. The zero-order valence-electron chi connectivity index (χ0n) is 11.2. The summed E-state index contributed by atoms with van der Waals surface area (Å²) in [6.07, 6.45) is 2.91. The summed E-state index contributed by atoms with van der Waals surface area (Å²) in [5.74, 6) is 0.480.